The average molecular weight is 283 g/mol. The van der Waals surface area contributed by atoms with Crippen molar-refractivity contribution in [2.24, 2.45) is 0 Å². The van der Waals surface area contributed by atoms with Crippen LogP contribution in [0.4, 0.5) is 5.82 Å². The van der Waals surface area contributed by atoms with E-state index in [4.69, 9.17) is 4.42 Å². The number of furan rings is 1. The number of hydrogen-bond donors (Lipinski definition) is 1. The first kappa shape index (κ1) is 12.4. The van der Waals surface area contributed by atoms with Crippen molar-refractivity contribution in [1.29, 1.82) is 0 Å². The zero-order chi connectivity index (χ0) is 14.2. The van der Waals surface area contributed by atoms with E-state index in [2.05, 4.69) is 43.9 Å². The molecule has 0 saturated carbocycles. The van der Waals surface area contributed by atoms with Gasteiger partial charge in [0.2, 0.25) is 0 Å². The maximum atomic E-state index is 5.95. The molecule has 3 aromatic rings. The fourth-order valence-corrected chi connectivity index (χ4v) is 3.05. The molecule has 1 aliphatic rings. The van der Waals surface area contributed by atoms with E-state index in [9.17, 15) is 0 Å². The van der Waals surface area contributed by atoms with Gasteiger partial charge in [-0.1, -0.05) is 6.92 Å². The van der Waals surface area contributed by atoms with Gasteiger partial charge >= 0.3 is 0 Å². The maximum absolute atomic E-state index is 5.95. The molecule has 3 aromatic heterocycles. The maximum Gasteiger partial charge on any atom is 0.182 e. The van der Waals surface area contributed by atoms with Gasteiger partial charge < -0.3 is 14.3 Å². The molecule has 108 valence electrons. The van der Waals surface area contributed by atoms with E-state index in [0.29, 0.717) is 5.65 Å². The monoisotopic (exact) mass is 283 g/mol. The van der Waals surface area contributed by atoms with E-state index >= 15 is 0 Å². The molecule has 21 heavy (non-hydrogen) atoms. The highest BCUT2D eigenvalue weighted by Gasteiger charge is 2.31. The van der Waals surface area contributed by atoms with Gasteiger partial charge in [0.25, 0.3) is 0 Å². The number of hydrogen-bond acceptors (Lipinski definition) is 5. The van der Waals surface area contributed by atoms with Gasteiger partial charge in [0.05, 0.1) is 12.4 Å². The predicted octanol–water partition coefficient (Wildman–Crippen LogP) is 2.85. The smallest absolute Gasteiger partial charge is 0.182 e. The molecule has 1 atom stereocenters. The second-order valence-corrected chi connectivity index (χ2v) is 5.31. The summed E-state index contributed by atoms with van der Waals surface area (Å²) in [4.78, 5) is 18.3. The zero-order valence-corrected chi connectivity index (χ0v) is 11.9. The summed E-state index contributed by atoms with van der Waals surface area (Å²) in [6, 6.07) is 4.40. The second-order valence-electron chi connectivity index (χ2n) is 5.31. The van der Waals surface area contributed by atoms with Crippen molar-refractivity contribution in [3.8, 4) is 0 Å². The first-order valence-corrected chi connectivity index (χ1v) is 7.36. The highest BCUT2D eigenvalue weighted by atomic mass is 16.3. The third-order valence-corrected chi connectivity index (χ3v) is 4.09. The van der Waals surface area contributed by atoms with Gasteiger partial charge in [-0.3, -0.25) is 0 Å². The van der Waals surface area contributed by atoms with Crippen LogP contribution in [-0.2, 0) is 6.42 Å². The van der Waals surface area contributed by atoms with Crippen molar-refractivity contribution in [3.05, 3.63) is 36.3 Å². The number of aromatic amines is 1. The van der Waals surface area contributed by atoms with Crippen molar-refractivity contribution in [3.63, 3.8) is 0 Å². The molecule has 0 radical (unpaired) electrons. The number of aryl methyl sites for hydroxylation is 1. The van der Waals surface area contributed by atoms with Crippen molar-refractivity contribution < 1.29 is 4.42 Å². The molecule has 1 fully saturated rings. The minimum absolute atomic E-state index is 0.242. The number of imidazole rings is 1. The van der Waals surface area contributed by atoms with Crippen LogP contribution in [0.15, 0.2) is 29.2 Å². The van der Waals surface area contributed by atoms with Gasteiger partial charge in [-0.05, 0) is 25.0 Å². The van der Waals surface area contributed by atoms with Crippen LogP contribution in [0.25, 0.3) is 11.2 Å². The summed E-state index contributed by atoms with van der Waals surface area (Å²) in [5.41, 5.74) is 1.60. The van der Waals surface area contributed by atoms with E-state index in [1.54, 1.807) is 12.7 Å². The number of nitrogens with zero attached hydrogens (tertiary/aromatic N) is 4. The van der Waals surface area contributed by atoms with Gasteiger partial charge in [-0.25, -0.2) is 15.0 Å². The number of nitrogens with one attached hydrogen (secondary N) is 1. The van der Waals surface area contributed by atoms with Gasteiger partial charge in [-0.15, -0.1) is 0 Å². The molecular formula is C15H17N5O. The molecule has 6 heteroatoms. The molecule has 6 nitrogen and oxygen atoms in total. The van der Waals surface area contributed by atoms with Crippen LogP contribution < -0.4 is 4.90 Å². The number of H-pyrrole nitrogens is 1. The summed E-state index contributed by atoms with van der Waals surface area (Å²) in [6.45, 7) is 3.07. The second kappa shape index (κ2) is 4.87. The quantitative estimate of drug-likeness (QED) is 0.800. The first-order chi connectivity index (χ1) is 10.4. The molecular weight excluding hydrogens is 266 g/mol. The molecule has 0 aliphatic carbocycles. The van der Waals surface area contributed by atoms with Crippen LogP contribution in [0.5, 0.6) is 0 Å². The van der Waals surface area contributed by atoms with E-state index in [1.807, 2.05) is 0 Å². The minimum atomic E-state index is 0.242. The normalized spacial score (nSPS) is 18.7. The highest BCUT2D eigenvalue weighted by Crippen LogP contribution is 2.37. The van der Waals surface area contributed by atoms with E-state index in [-0.39, 0.29) is 6.04 Å². The zero-order valence-electron chi connectivity index (χ0n) is 11.9. The van der Waals surface area contributed by atoms with E-state index < -0.39 is 0 Å². The molecule has 1 N–H and O–H groups in total. The van der Waals surface area contributed by atoms with Crippen LogP contribution in [0.1, 0.15) is 37.3 Å². The van der Waals surface area contributed by atoms with Gasteiger partial charge in [0.15, 0.2) is 11.5 Å². The van der Waals surface area contributed by atoms with Crippen LogP contribution in [0, 0.1) is 0 Å². The average Bonchev–Trinajstić information content (AvgIpc) is 3.25. The molecule has 1 saturated heterocycles. The lowest BCUT2D eigenvalue weighted by molar-refractivity contribution is 0.434. The summed E-state index contributed by atoms with van der Waals surface area (Å²) in [5, 5.41) is 0. The number of anilines is 1. The largest absolute Gasteiger partial charge is 0.464 e. The third-order valence-electron chi connectivity index (χ3n) is 4.09. The summed E-state index contributed by atoms with van der Waals surface area (Å²) < 4.78 is 5.95. The van der Waals surface area contributed by atoms with Crippen LogP contribution >= 0.6 is 0 Å². The Kier molecular flexibility index (Phi) is 2.87. The standard InChI is InChI=1S/C15H17N5O/c1-2-10-5-6-12(21-10)11-4-3-7-20(11)15-13-14(17-8-16-13)18-9-19-15/h5-6,8-9,11H,2-4,7H2,1H3,(H,16,17,18,19)/t11-/m0/s1. The van der Waals surface area contributed by atoms with Crippen molar-refractivity contribution >= 4 is 17.0 Å². The Morgan fingerprint density at radius 2 is 2.29 bits per heavy atom. The molecule has 4 rings (SSSR count). The fraction of sp³-hybridized carbons (Fsp3) is 0.400. The summed E-state index contributed by atoms with van der Waals surface area (Å²) >= 11 is 0. The minimum Gasteiger partial charge on any atom is -0.464 e. The third kappa shape index (κ3) is 1.98. The predicted molar refractivity (Wildman–Crippen MR) is 79.1 cm³/mol. The molecule has 0 aromatic carbocycles. The Labute approximate surface area is 122 Å². The SMILES string of the molecule is CCc1ccc([C@@H]2CCCN2c2ncnc3nc[nH]c23)o1. The topological polar surface area (TPSA) is 70.8 Å². The molecule has 1 aliphatic heterocycles. The lowest BCUT2D eigenvalue weighted by Gasteiger charge is -2.24. The Morgan fingerprint density at radius 3 is 3.14 bits per heavy atom. The molecule has 0 amide bonds. The van der Waals surface area contributed by atoms with Crippen molar-refractivity contribution in [2.45, 2.75) is 32.2 Å². The lowest BCUT2D eigenvalue weighted by atomic mass is 10.1. The van der Waals surface area contributed by atoms with E-state index in [0.717, 1.165) is 48.7 Å². The molecule has 4 heterocycles. The van der Waals surface area contributed by atoms with Crippen LogP contribution in [0.2, 0.25) is 0 Å². The number of aromatic nitrogens is 4. The first-order valence-electron chi connectivity index (χ1n) is 7.36. The number of fused-ring (bicyclic) bond motifs is 1. The molecule has 0 bridgehead atoms. The van der Waals surface area contributed by atoms with Gasteiger partial charge in [-0.2, -0.15) is 0 Å². The van der Waals surface area contributed by atoms with Crippen LogP contribution in [-0.4, -0.2) is 26.5 Å². The highest BCUT2D eigenvalue weighted by molar-refractivity contribution is 5.83. The van der Waals surface area contributed by atoms with Crippen molar-refractivity contribution in [2.75, 3.05) is 11.4 Å². The Bertz CT molecular complexity index is 762. The summed E-state index contributed by atoms with van der Waals surface area (Å²) in [7, 11) is 0. The summed E-state index contributed by atoms with van der Waals surface area (Å²) in [5.74, 6) is 2.97. The van der Waals surface area contributed by atoms with Gasteiger partial charge in [0, 0.05) is 13.0 Å². The van der Waals surface area contributed by atoms with Crippen molar-refractivity contribution in [1.82, 2.24) is 19.9 Å². The van der Waals surface area contributed by atoms with Gasteiger partial charge in [0.1, 0.15) is 23.4 Å². The van der Waals surface area contributed by atoms with E-state index in [1.165, 1.54) is 0 Å². The number of rotatable bonds is 3. The fourth-order valence-electron chi connectivity index (χ4n) is 3.05. The molecule has 0 unspecified atom stereocenters. The summed E-state index contributed by atoms with van der Waals surface area (Å²) in [6.07, 6.45) is 6.37. The van der Waals surface area contributed by atoms with Crippen LogP contribution in [0.3, 0.4) is 0 Å². The lowest BCUT2D eigenvalue weighted by Crippen LogP contribution is -2.23. The molecule has 0 spiro atoms. The Morgan fingerprint density at radius 1 is 1.33 bits per heavy atom. The Hall–Kier alpha value is -2.37. The Balaban J connectivity index is 1.74.